The fourth-order valence-corrected chi connectivity index (χ4v) is 0.480. The van der Waals surface area contributed by atoms with Crippen LogP contribution in [-0.4, -0.2) is 34.7 Å². The summed E-state index contributed by atoms with van der Waals surface area (Å²) in [4.78, 5) is 20.2. The molecule has 0 spiro atoms. The van der Waals surface area contributed by atoms with E-state index in [1.807, 2.05) is 0 Å². The molecular weight excluding hydrogens is 193 g/mol. The van der Waals surface area contributed by atoms with Crippen molar-refractivity contribution in [2.75, 3.05) is 6.54 Å². The van der Waals surface area contributed by atoms with Gasteiger partial charge < -0.3 is 5.11 Å². The minimum atomic E-state index is -5.06. The zero-order chi connectivity index (χ0) is 10.6. The molecule has 0 atom stereocenters. The maximum Gasteiger partial charge on any atom is 0.472 e. The highest BCUT2D eigenvalue weighted by Gasteiger charge is 2.41. The highest BCUT2D eigenvalue weighted by Crippen LogP contribution is 2.16. The average molecular weight is 200 g/mol. The minimum Gasteiger partial charge on any atom is -0.481 e. The molecule has 0 bridgehead atoms. The lowest BCUT2D eigenvalue weighted by atomic mass is 10.4. The molecule has 0 aromatic carbocycles. The fourth-order valence-electron chi connectivity index (χ4n) is 0.480. The van der Waals surface area contributed by atoms with E-state index < -0.39 is 31.0 Å². The number of rotatable bonds is 3. The van der Waals surface area contributed by atoms with Crippen molar-refractivity contribution in [1.29, 1.82) is 0 Å². The van der Waals surface area contributed by atoms with E-state index in [0.717, 1.165) is 0 Å². The highest BCUT2D eigenvalue weighted by atomic mass is 19.4. The average Bonchev–Trinajstić information content (AvgIpc) is 1.96. The quantitative estimate of drug-likeness (QED) is 0.373. The van der Waals surface area contributed by atoms with Crippen LogP contribution < -0.4 is 5.84 Å². The fraction of sp³-hybridized carbons (Fsp3) is 0.600. The van der Waals surface area contributed by atoms with Crippen LogP contribution in [0.5, 0.6) is 0 Å². The molecule has 0 aliphatic carbocycles. The van der Waals surface area contributed by atoms with Gasteiger partial charge in [0.15, 0.2) is 0 Å². The zero-order valence-corrected chi connectivity index (χ0v) is 6.34. The summed E-state index contributed by atoms with van der Waals surface area (Å²) in [5, 5.41) is 7.90. The van der Waals surface area contributed by atoms with Crippen molar-refractivity contribution in [1.82, 2.24) is 5.01 Å². The number of carbonyl (C=O) groups excluding carboxylic acids is 1. The Morgan fingerprint density at radius 2 is 1.85 bits per heavy atom. The Labute approximate surface area is 70.9 Å². The van der Waals surface area contributed by atoms with Crippen LogP contribution in [0.1, 0.15) is 6.42 Å². The molecule has 0 fully saturated rings. The molecule has 0 heterocycles. The van der Waals surface area contributed by atoms with Crippen LogP contribution in [0.4, 0.5) is 13.2 Å². The Morgan fingerprint density at radius 3 is 2.15 bits per heavy atom. The van der Waals surface area contributed by atoms with Gasteiger partial charge in [-0.15, -0.1) is 0 Å². The Morgan fingerprint density at radius 1 is 1.38 bits per heavy atom. The van der Waals surface area contributed by atoms with Crippen molar-refractivity contribution in [2.45, 2.75) is 12.6 Å². The second-order valence-electron chi connectivity index (χ2n) is 2.14. The molecule has 0 unspecified atom stereocenters. The number of hydrazine groups is 1. The molecule has 0 rings (SSSR count). The van der Waals surface area contributed by atoms with E-state index in [9.17, 15) is 22.8 Å². The molecule has 0 aromatic rings. The Balaban J connectivity index is 4.05. The smallest absolute Gasteiger partial charge is 0.472 e. The summed E-state index contributed by atoms with van der Waals surface area (Å²) in [5.74, 6) is 1.07. The first kappa shape index (κ1) is 11.7. The summed E-state index contributed by atoms with van der Waals surface area (Å²) in [6.07, 6.45) is -5.69. The molecule has 1 amide bonds. The second-order valence-corrected chi connectivity index (χ2v) is 2.14. The van der Waals surface area contributed by atoms with E-state index in [0.29, 0.717) is 0 Å². The number of nitrogens with two attached hydrogens (primary N) is 1. The molecule has 0 aliphatic rings. The number of carboxylic acid groups (broad SMARTS) is 1. The third-order valence-corrected chi connectivity index (χ3v) is 1.07. The van der Waals surface area contributed by atoms with Gasteiger partial charge in [0, 0.05) is 6.54 Å². The monoisotopic (exact) mass is 200 g/mol. The normalized spacial score (nSPS) is 11.1. The van der Waals surface area contributed by atoms with Gasteiger partial charge in [-0.3, -0.25) is 14.6 Å². The van der Waals surface area contributed by atoms with Crippen LogP contribution in [0.15, 0.2) is 0 Å². The Bertz CT molecular complexity index is 216. The number of aliphatic carboxylic acids is 1. The molecule has 0 saturated heterocycles. The van der Waals surface area contributed by atoms with Crippen LogP contribution in [0.2, 0.25) is 0 Å². The van der Waals surface area contributed by atoms with E-state index in [-0.39, 0.29) is 5.01 Å². The van der Waals surface area contributed by atoms with E-state index in [1.54, 1.807) is 0 Å². The van der Waals surface area contributed by atoms with Crippen molar-refractivity contribution in [3.63, 3.8) is 0 Å². The van der Waals surface area contributed by atoms with Gasteiger partial charge in [0.2, 0.25) is 0 Å². The molecule has 76 valence electrons. The lowest BCUT2D eigenvalue weighted by molar-refractivity contribution is -0.186. The summed E-state index contributed by atoms with van der Waals surface area (Å²) < 4.78 is 34.8. The predicted molar refractivity (Wildman–Crippen MR) is 34.2 cm³/mol. The van der Waals surface area contributed by atoms with Gasteiger partial charge in [0.1, 0.15) is 0 Å². The van der Waals surface area contributed by atoms with Gasteiger partial charge in [0.25, 0.3) is 0 Å². The molecular formula is C5H7F3N2O3. The summed E-state index contributed by atoms with van der Waals surface area (Å²) in [6, 6.07) is 0. The maximum atomic E-state index is 11.6. The number of hydrogen-bond donors (Lipinski definition) is 2. The van der Waals surface area contributed by atoms with Crippen molar-refractivity contribution in [3.05, 3.63) is 0 Å². The first-order valence-corrected chi connectivity index (χ1v) is 3.10. The number of amides is 1. The molecule has 5 nitrogen and oxygen atoms in total. The van der Waals surface area contributed by atoms with Gasteiger partial charge in [0.05, 0.1) is 6.42 Å². The summed E-state index contributed by atoms with van der Waals surface area (Å²) in [5.41, 5.74) is 0. The van der Waals surface area contributed by atoms with Crippen LogP contribution in [0, 0.1) is 0 Å². The van der Waals surface area contributed by atoms with Gasteiger partial charge in [-0.2, -0.15) is 13.2 Å². The predicted octanol–water partition coefficient (Wildman–Crippen LogP) is -0.274. The van der Waals surface area contributed by atoms with Crippen molar-refractivity contribution < 1.29 is 27.9 Å². The lowest BCUT2D eigenvalue weighted by Crippen LogP contribution is -2.46. The molecule has 0 aliphatic heterocycles. The van der Waals surface area contributed by atoms with E-state index in [4.69, 9.17) is 5.11 Å². The number of hydrogen-bond acceptors (Lipinski definition) is 3. The van der Waals surface area contributed by atoms with Crippen LogP contribution in [0.3, 0.4) is 0 Å². The largest absolute Gasteiger partial charge is 0.481 e. The maximum absolute atomic E-state index is 11.6. The zero-order valence-electron chi connectivity index (χ0n) is 6.34. The summed E-state index contributed by atoms with van der Waals surface area (Å²) in [6.45, 7) is -0.673. The lowest BCUT2D eigenvalue weighted by Gasteiger charge is -2.16. The second kappa shape index (κ2) is 4.08. The number of carboxylic acids is 1. The topological polar surface area (TPSA) is 83.6 Å². The number of halogens is 3. The number of alkyl halides is 3. The number of nitrogens with zero attached hydrogens (tertiary/aromatic N) is 1. The molecule has 13 heavy (non-hydrogen) atoms. The van der Waals surface area contributed by atoms with Crippen LogP contribution in [-0.2, 0) is 9.59 Å². The van der Waals surface area contributed by atoms with E-state index in [2.05, 4.69) is 5.84 Å². The third kappa shape index (κ3) is 4.31. The molecule has 0 saturated carbocycles. The minimum absolute atomic E-state index is 0.173. The molecule has 0 radical (unpaired) electrons. The van der Waals surface area contributed by atoms with Crippen LogP contribution >= 0.6 is 0 Å². The standard InChI is InChI=1S/C5H7F3N2O3/c6-5(7,8)4(13)10(9)2-1-3(11)12/h1-2,9H2,(H,11,12). The molecule has 0 aromatic heterocycles. The molecule has 3 N–H and O–H groups in total. The molecule has 8 heteroatoms. The van der Waals surface area contributed by atoms with Crippen molar-refractivity contribution in [2.24, 2.45) is 5.84 Å². The van der Waals surface area contributed by atoms with E-state index >= 15 is 0 Å². The number of carbonyl (C=O) groups is 2. The van der Waals surface area contributed by atoms with Gasteiger partial charge in [-0.25, -0.2) is 5.84 Å². The van der Waals surface area contributed by atoms with Gasteiger partial charge >= 0.3 is 18.1 Å². The van der Waals surface area contributed by atoms with Crippen molar-refractivity contribution in [3.8, 4) is 0 Å². The third-order valence-electron chi connectivity index (χ3n) is 1.07. The highest BCUT2D eigenvalue weighted by molar-refractivity contribution is 5.81. The van der Waals surface area contributed by atoms with E-state index in [1.165, 1.54) is 0 Å². The van der Waals surface area contributed by atoms with Gasteiger partial charge in [-0.1, -0.05) is 0 Å². The summed E-state index contributed by atoms with van der Waals surface area (Å²) in [7, 11) is 0. The van der Waals surface area contributed by atoms with Crippen molar-refractivity contribution >= 4 is 11.9 Å². The first-order valence-electron chi connectivity index (χ1n) is 3.10. The summed E-state index contributed by atoms with van der Waals surface area (Å²) >= 11 is 0. The van der Waals surface area contributed by atoms with Gasteiger partial charge in [-0.05, 0) is 0 Å². The Hall–Kier alpha value is -1.31. The van der Waals surface area contributed by atoms with Crippen LogP contribution in [0.25, 0.3) is 0 Å². The SMILES string of the molecule is NN(CCC(=O)O)C(=O)C(F)(F)F. The first-order chi connectivity index (χ1) is 5.75. The Kier molecular flexibility index (Phi) is 3.67.